The number of anilines is 1. The molecule has 0 aromatic carbocycles. The molecule has 0 radical (unpaired) electrons. The van der Waals surface area contributed by atoms with Crippen LogP contribution >= 0.6 is 17.0 Å². The van der Waals surface area contributed by atoms with Crippen molar-refractivity contribution in [2.75, 3.05) is 38.0 Å². The average Bonchev–Trinajstić information content (AvgIpc) is 2.40. The summed E-state index contributed by atoms with van der Waals surface area (Å²) in [6.45, 7) is 3.18. The molecule has 20 heavy (non-hydrogen) atoms. The molecule has 110 valence electrons. The molecule has 1 aromatic heterocycles. The van der Waals surface area contributed by atoms with Gasteiger partial charge < -0.3 is 11.1 Å². The first-order valence-electron chi connectivity index (χ1n) is 6.07. The number of aromatic nitrogens is 2. The zero-order chi connectivity index (χ0) is 13.5. The van der Waals surface area contributed by atoms with E-state index in [1.807, 2.05) is 4.90 Å². The minimum Gasteiger partial charge on any atom is -0.370 e. The summed E-state index contributed by atoms with van der Waals surface area (Å²) in [4.78, 5) is 25.3. The molecule has 9 heteroatoms. The van der Waals surface area contributed by atoms with Gasteiger partial charge in [-0.3, -0.25) is 20.0 Å². The quantitative estimate of drug-likeness (QED) is 0.488. The van der Waals surface area contributed by atoms with Crippen molar-refractivity contribution < 1.29 is 4.79 Å². The lowest BCUT2D eigenvalue weighted by Gasteiger charge is -2.25. The van der Waals surface area contributed by atoms with Crippen molar-refractivity contribution in [3.05, 3.63) is 18.5 Å². The molecule has 1 saturated heterocycles. The first kappa shape index (κ1) is 16.3. The number of hydrogen-bond donors (Lipinski definition) is 3. The summed E-state index contributed by atoms with van der Waals surface area (Å²) in [5, 5.41) is 5.57. The summed E-state index contributed by atoms with van der Waals surface area (Å²) >= 11 is 0. The van der Waals surface area contributed by atoms with E-state index in [2.05, 4.69) is 25.6 Å². The monoisotopic (exact) mass is 343 g/mol. The molecule has 1 fully saturated rings. The fourth-order valence-electron chi connectivity index (χ4n) is 1.71. The fraction of sp³-hybridized carbons (Fsp3) is 0.455. The van der Waals surface area contributed by atoms with Crippen LogP contribution in [0.5, 0.6) is 0 Å². The Balaban J connectivity index is 0.00000200. The predicted octanol–water partition coefficient (Wildman–Crippen LogP) is -0.787. The minimum atomic E-state index is 0. The number of piperazine rings is 1. The first-order chi connectivity index (χ1) is 9.24. The molecule has 0 unspecified atom stereocenters. The summed E-state index contributed by atoms with van der Waals surface area (Å²) in [6.07, 6.45) is 3.24. The lowest BCUT2D eigenvalue weighted by atomic mass is 10.3. The molecule has 2 heterocycles. The normalized spacial score (nSPS) is 16.2. The molecule has 1 aliphatic heterocycles. The Labute approximate surface area is 127 Å². The van der Waals surface area contributed by atoms with E-state index >= 15 is 0 Å². The van der Waals surface area contributed by atoms with Gasteiger partial charge in [-0.1, -0.05) is 0 Å². The summed E-state index contributed by atoms with van der Waals surface area (Å²) < 4.78 is 0. The Morgan fingerprint density at radius 3 is 2.95 bits per heavy atom. The number of nitrogens with two attached hydrogens (primary N) is 1. The molecule has 2 rings (SSSR count). The van der Waals surface area contributed by atoms with Crippen LogP contribution in [0.3, 0.4) is 0 Å². The third-order valence-electron chi connectivity index (χ3n) is 2.62. The van der Waals surface area contributed by atoms with Crippen molar-refractivity contribution >= 4 is 34.8 Å². The number of carbonyl (C=O) groups is 1. The van der Waals surface area contributed by atoms with Gasteiger partial charge in [-0.25, -0.2) is 9.97 Å². The van der Waals surface area contributed by atoms with Gasteiger partial charge in [0.25, 0.3) is 0 Å². The van der Waals surface area contributed by atoms with Crippen LogP contribution in [-0.4, -0.2) is 59.5 Å². The van der Waals surface area contributed by atoms with Crippen molar-refractivity contribution in [2.24, 2.45) is 10.7 Å². The Kier molecular flexibility index (Phi) is 6.88. The van der Waals surface area contributed by atoms with E-state index in [0.717, 1.165) is 6.54 Å². The number of amides is 1. The second kappa shape index (κ2) is 8.43. The van der Waals surface area contributed by atoms with Crippen LogP contribution in [0, 0.1) is 0 Å². The Morgan fingerprint density at radius 2 is 2.25 bits per heavy atom. The minimum absolute atomic E-state index is 0. The summed E-state index contributed by atoms with van der Waals surface area (Å²) in [5.41, 5.74) is 5.71. The van der Waals surface area contributed by atoms with Gasteiger partial charge in [0.05, 0.1) is 13.1 Å². The molecule has 1 aliphatic rings. The highest BCUT2D eigenvalue weighted by molar-refractivity contribution is 8.93. The Hall–Kier alpha value is -1.74. The molecule has 0 bridgehead atoms. The third kappa shape index (κ3) is 5.49. The number of rotatable bonds is 4. The van der Waals surface area contributed by atoms with Crippen LogP contribution < -0.4 is 16.4 Å². The zero-order valence-corrected chi connectivity index (χ0v) is 12.7. The van der Waals surface area contributed by atoms with Gasteiger partial charge in [0, 0.05) is 32.0 Å². The van der Waals surface area contributed by atoms with Gasteiger partial charge >= 0.3 is 0 Å². The van der Waals surface area contributed by atoms with Crippen molar-refractivity contribution in [1.82, 2.24) is 20.2 Å². The smallest absolute Gasteiger partial charge is 0.234 e. The SMILES string of the molecule is Br.NC(=NCCN1CCNC(=O)C1)Nc1ncccn1. The summed E-state index contributed by atoms with van der Waals surface area (Å²) in [5.74, 6) is 0.743. The van der Waals surface area contributed by atoms with Crippen LogP contribution in [0.15, 0.2) is 23.5 Å². The fourth-order valence-corrected chi connectivity index (χ4v) is 1.71. The van der Waals surface area contributed by atoms with E-state index in [-0.39, 0.29) is 28.8 Å². The number of carbonyl (C=O) groups excluding carboxylic acids is 1. The van der Waals surface area contributed by atoms with E-state index in [1.165, 1.54) is 0 Å². The predicted molar refractivity (Wildman–Crippen MR) is 81.9 cm³/mol. The lowest BCUT2D eigenvalue weighted by molar-refractivity contribution is -0.124. The maximum atomic E-state index is 11.2. The number of nitrogens with one attached hydrogen (secondary N) is 2. The van der Waals surface area contributed by atoms with Gasteiger partial charge in [0.15, 0.2) is 5.96 Å². The topological polar surface area (TPSA) is 109 Å². The Morgan fingerprint density at radius 1 is 1.50 bits per heavy atom. The van der Waals surface area contributed by atoms with Crippen molar-refractivity contribution in [2.45, 2.75) is 0 Å². The van der Waals surface area contributed by atoms with Gasteiger partial charge in [0.1, 0.15) is 0 Å². The zero-order valence-electron chi connectivity index (χ0n) is 11.0. The molecule has 8 nitrogen and oxygen atoms in total. The number of nitrogens with zero attached hydrogens (tertiary/aromatic N) is 4. The van der Waals surface area contributed by atoms with Crippen molar-refractivity contribution in [1.29, 1.82) is 0 Å². The molecule has 1 amide bonds. The van der Waals surface area contributed by atoms with Crippen LogP contribution in [-0.2, 0) is 4.79 Å². The highest BCUT2D eigenvalue weighted by Crippen LogP contribution is 1.94. The van der Waals surface area contributed by atoms with Gasteiger partial charge in [-0.05, 0) is 6.07 Å². The highest BCUT2D eigenvalue weighted by atomic mass is 79.9. The maximum absolute atomic E-state index is 11.2. The van der Waals surface area contributed by atoms with Crippen LogP contribution in [0.4, 0.5) is 5.95 Å². The number of aliphatic imine (C=N–C) groups is 1. The van der Waals surface area contributed by atoms with Crippen molar-refractivity contribution in [3.63, 3.8) is 0 Å². The summed E-state index contributed by atoms with van der Waals surface area (Å²) in [7, 11) is 0. The molecule has 0 saturated carbocycles. The van der Waals surface area contributed by atoms with E-state index in [4.69, 9.17) is 5.73 Å². The van der Waals surface area contributed by atoms with Gasteiger partial charge in [-0.15, -0.1) is 17.0 Å². The van der Waals surface area contributed by atoms with E-state index in [1.54, 1.807) is 18.5 Å². The van der Waals surface area contributed by atoms with Crippen LogP contribution in [0.1, 0.15) is 0 Å². The van der Waals surface area contributed by atoms with Gasteiger partial charge in [-0.2, -0.15) is 0 Å². The lowest BCUT2D eigenvalue weighted by Crippen LogP contribution is -2.48. The number of guanidine groups is 1. The van der Waals surface area contributed by atoms with Crippen LogP contribution in [0.2, 0.25) is 0 Å². The van der Waals surface area contributed by atoms with Gasteiger partial charge in [0.2, 0.25) is 11.9 Å². The molecule has 0 spiro atoms. The molecule has 1 aromatic rings. The molecule has 4 N–H and O–H groups in total. The van der Waals surface area contributed by atoms with Crippen LogP contribution in [0.25, 0.3) is 0 Å². The van der Waals surface area contributed by atoms with Crippen molar-refractivity contribution in [3.8, 4) is 0 Å². The maximum Gasteiger partial charge on any atom is 0.234 e. The second-order valence-corrected chi connectivity index (χ2v) is 4.09. The van der Waals surface area contributed by atoms with E-state index in [0.29, 0.717) is 32.1 Å². The van der Waals surface area contributed by atoms with E-state index in [9.17, 15) is 4.79 Å². The average molecular weight is 344 g/mol. The largest absolute Gasteiger partial charge is 0.370 e. The molecule has 0 atom stereocenters. The number of hydrogen-bond acceptors (Lipinski definition) is 5. The van der Waals surface area contributed by atoms with E-state index < -0.39 is 0 Å². The molecule has 0 aliphatic carbocycles. The molecular formula is C11H18BrN7O. The highest BCUT2D eigenvalue weighted by Gasteiger charge is 2.14. The standard InChI is InChI=1S/C11H17N7O.BrH/c12-10(17-11-15-2-1-3-16-11)14-5-7-18-6-4-13-9(19)8-18;/h1-3H,4-8H2,(H,13,19)(H3,12,14,15,16,17);1H. The number of halogens is 1. The third-order valence-corrected chi connectivity index (χ3v) is 2.62. The molecular weight excluding hydrogens is 326 g/mol. The Bertz CT molecular complexity index is 453. The summed E-state index contributed by atoms with van der Waals surface area (Å²) in [6, 6.07) is 1.72. The second-order valence-electron chi connectivity index (χ2n) is 4.09. The first-order valence-corrected chi connectivity index (χ1v) is 6.07.